The number of carbonyl (C=O) groups excluding carboxylic acids is 1. The Kier molecular flexibility index (Phi) is 3.84. The fraction of sp³-hybridized carbons (Fsp3) is 0.417. The van der Waals surface area contributed by atoms with Crippen molar-refractivity contribution in [1.29, 1.82) is 0 Å². The van der Waals surface area contributed by atoms with Crippen LogP contribution in [0.15, 0.2) is 24.3 Å². The molecule has 1 unspecified atom stereocenters. The Bertz CT molecular complexity index is 320. The normalized spacial score (nSPS) is 12.5. The van der Waals surface area contributed by atoms with Gasteiger partial charge in [-0.1, -0.05) is 31.2 Å². The molecular weight excluding hydrogens is 174 g/mol. The maximum absolute atomic E-state index is 11.3. The second-order valence-corrected chi connectivity index (χ2v) is 3.59. The van der Waals surface area contributed by atoms with Gasteiger partial charge in [-0.15, -0.1) is 0 Å². The molecule has 0 fully saturated rings. The van der Waals surface area contributed by atoms with Crippen molar-refractivity contribution in [2.24, 2.45) is 5.73 Å². The standard InChI is InChI=1S/C12H17NO/c1-3-11(13)8-10-6-4-5-7-12(10)9(2)14/h4-7,11H,3,8,13H2,1-2H3. The zero-order valence-electron chi connectivity index (χ0n) is 8.79. The molecule has 0 aromatic heterocycles. The molecule has 76 valence electrons. The lowest BCUT2D eigenvalue weighted by Gasteiger charge is -2.11. The first-order valence-corrected chi connectivity index (χ1v) is 4.99. The molecule has 1 atom stereocenters. The van der Waals surface area contributed by atoms with E-state index in [2.05, 4.69) is 6.92 Å². The number of carbonyl (C=O) groups is 1. The van der Waals surface area contributed by atoms with Crippen molar-refractivity contribution in [3.8, 4) is 0 Å². The van der Waals surface area contributed by atoms with Gasteiger partial charge in [0, 0.05) is 11.6 Å². The molecule has 0 heterocycles. The first-order chi connectivity index (χ1) is 6.65. The Labute approximate surface area is 85.1 Å². The lowest BCUT2D eigenvalue weighted by molar-refractivity contribution is 0.101. The van der Waals surface area contributed by atoms with E-state index in [1.165, 1.54) is 0 Å². The predicted octanol–water partition coefficient (Wildman–Crippen LogP) is 2.17. The van der Waals surface area contributed by atoms with E-state index in [-0.39, 0.29) is 11.8 Å². The molecule has 0 amide bonds. The molecule has 14 heavy (non-hydrogen) atoms. The third kappa shape index (κ3) is 2.67. The van der Waals surface area contributed by atoms with Crippen molar-refractivity contribution in [3.63, 3.8) is 0 Å². The average molecular weight is 191 g/mol. The van der Waals surface area contributed by atoms with Crippen LogP contribution in [0.3, 0.4) is 0 Å². The predicted molar refractivity (Wildman–Crippen MR) is 58.4 cm³/mol. The highest BCUT2D eigenvalue weighted by Gasteiger charge is 2.08. The summed E-state index contributed by atoms with van der Waals surface area (Å²) in [5.41, 5.74) is 7.73. The van der Waals surface area contributed by atoms with Crippen LogP contribution in [0.1, 0.15) is 36.2 Å². The molecule has 1 aromatic rings. The van der Waals surface area contributed by atoms with E-state index in [4.69, 9.17) is 5.73 Å². The molecule has 0 bridgehead atoms. The third-order valence-corrected chi connectivity index (χ3v) is 2.40. The lowest BCUT2D eigenvalue weighted by Crippen LogP contribution is -2.22. The van der Waals surface area contributed by atoms with Crippen LogP contribution in [-0.2, 0) is 6.42 Å². The maximum Gasteiger partial charge on any atom is 0.160 e. The largest absolute Gasteiger partial charge is 0.327 e. The van der Waals surface area contributed by atoms with E-state index >= 15 is 0 Å². The molecule has 0 spiro atoms. The second-order valence-electron chi connectivity index (χ2n) is 3.59. The minimum atomic E-state index is 0.115. The summed E-state index contributed by atoms with van der Waals surface area (Å²) in [5, 5.41) is 0. The monoisotopic (exact) mass is 191 g/mol. The molecule has 0 aliphatic rings. The van der Waals surface area contributed by atoms with Crippen molar-refractivity contribution >= 4 is 5.78 Å². The summed E-state index contributed by atoms with van der Waals surface area (Å²) in [4.78, 5) is 11.3. The molecule has 1 aromatic carbocycles. The molecule has 0 saturated heterocycles. The van der Waals surface area contributed by atoms with Crippen molar-refractivity contribution in [3.05, 3.63) is 35.4 Å². The van der Waals surface area contributed by atoms with E-state index in [1.54, 1.807) is 6.92 Å². The zero-order valence-corrected chi connectivity index (χ0v) is 8.79. The first kappa shape index (κ1) is 10.9. The molecular formula is C12H17NO. The van der Waals surface area contributed by atoms with Gasteiger partial charge in [0.2, 0.25) is 0 Å². The van der Waals surface area contributed by atoms with Crippen LogP contribution < -0.4 is 5.73 Å². The van der Waals surface area contributed by atoms with E-state index in [1.807, 2.05) is 24.3 Å². The molecule has 0 aliphatic carbocycles. The highest BCUT2D eigenvalue weighted by Crippen LogP contribution is 2.12. The molecule has 0 radical (unpaired) electrons. The van der Waals surface area contributed by atoms with Crippen LogP contribution in [0, 0.1) is 0 Å². The van der Waals surface area contributed by atoms with Crippen molar-refractivity contribution in [2.45, 2.75) is 32.7 Å². The SMILES string of the molecule is CCC(N)Cc1ccccc1C(C)=O. The van der Waals surface area contributed by atoms with E-state index in [9.17, 15) is 4.79 Å². The van der Waals surface area contributed by atoms with Crippen LogP contribution in [0.25, 0.3) is 0 Å². The fourth-order valence-electron chi connectivity index (χ4n) is 1.47. The minimum Gasteiger partial charge on any atom is -0.327 e. The fourth-order valence-corrected chi connectivity index (χ4v) is 1.47. The summed E-state index contributed by atoms with van der Waals surface area (Å²) < 4.78 is 0. The Balaban J connectivity index is 2.90. The highest BCUT2D eigenvalue weighted by atomic mass is 16.1. The molecule has 2 heteroatoms. The minimum absolute atomic E-state index is 0.115. The summed E-state index contributed by atoms with van der Waals surface area (Å²) in [6.45, 7) is 3.65. The molecule has 1 rings (SSSR count). The van der Waals surface area contributed by atoms with E-state index in [0.717, 1.165) is 24.0 Å². The first-order valence-electron chi connectivity index (χ1n) is 4.99. The highest BCUT2D eigenvalue weighted by molar-refractivity contribution is 5.95. The molecule has 0 saturated carbocycles. The summed E-state index contributed by atoms with van der Waals surface area (Å²) in [6.07, 6.45) is 1.72. The number of hydrogen-bond acceptors (Lipinski definition) is 2. The smallest absolute Gasteiger partial charge is 0.160 e. The topological polar surface area (TPSA) is 43.1 Å². The Hall–Kier alpha value is -1.15. The maximum atomic E-state index is 11.3. The summed E-state index contributed by atoms with van der Waals surface area (Å²) >= 11 is 0. The average Bonchev–Trinajstić information content (AvgIpc) is 2.18. The van der Waals surface area contributed by atoms with Crippen molar-refractivity contribution in [1.82, 2.24) is 0 Å². The number of Topliss-reactive ketones (excluding diaryl/α,β-unsaturated/α-hetero) is 1. The lowest BCUT2D eigenvalue weighted by atomic mass is 9.97. The van der Waals surface area contributed by atoms with Gasteiger partial charge in [0.05, 0.1) is 0 Å². The number of nitrogens with two attached hydrogens (primary N) is 1. The van der Waals surface area contributed by atoms with Gasteiger partial charge in [0.15, 0.2) is 5.78 Å². The van der Waals surface area contributed by atoms with Gasteiger partial charge < -0.3 is 5.73 Å². The summed E-state index contributed by atoms with van der Waals surface area (Å²) in [5.74, 6) is 0.115. The third-order valence-electron chi connectivity index (χ3n) is 2.40. The van der Waals surface area contributed by atoms with Gasteiger partial charge in [-0.05, 0) is 25.3 Å². The Morgan fingerprint density at radius 3 is 2.64 bits per heavy atom. The second kappa shape index (κ2) is 4.91. The number of rotatable bonds is 4. The van der Waals surface area contributed by atoms with Crippen LogP contribution in [0.2, 0.25) is 0 Å². The quantitative estimate of drug-likeness (QED) is 0.741. The van der Waals surface area contributed by atoms with E-state index in [0.29, 0.717) is 0 Å². The van der Waals surface area contributed by atoms with Gasteiger partial charge in [0.1, 0.15) is 0 Å². The zero-order chi connectivity index (χ0) is 10.6. The van der Waals surface area contributed by atoms with Gasteiger partial charge in [-0.2, -0.15) is 0 Å². The van der Waals surface area contributed by atoms with Crippen LogP contribution in [0.4, 0.5) is 0 Å². The Morgan fingerprint density at radius 2 is 2.07 bits per heavy atom. The molecule has 2 N–H and O–H groups in total. The van der Waals surface area contributed by atoms with Gasteiger partial charge in [0.25, 0.3) is 0 Å². The van der Waals surface area contributed by atoms with Gasteiger partial charge >= 0.3 is 0 Å². The summed E-state index contributed by atoms with van der Waals surface area (Å²) in [7, 11) is 0. The van der Waals surface area contributed by atoms with Crippen LogP contribution in [0.5, 0.6) is 0 Å². The molecule has 0 aliphatic heterocycles. The number of hydrogen-bond donors (Lipinski definition) is 1. The van der Waals surface area contributed by atoms with Gasteiger partial charge in [-0.25, -0.2) is 0 Å². The van der Waals surface area contributed by atoms with Crippen molar-refractivity contribution in [2.75, 3.05) is 0 Å². The van der Waals surface area contributed by atoms with E-state index < -0.39 is 0 Å². The summed E-state index contributed by atoms with van der Waals surface area (Å²) in [6, 6.07) is 7.82. The van der Waals surface area contributed by atoms with Crippen LogP contribution >= 0.6 is 0 Å². The van der Waals surface area contributed by atoms with Crippen LogP contribution in [-0.4, -0.2) is 11.8 Å². The number of ketones is 1. The molecule has 2 nitrogen and oxygen atoms in total. The number of benzene rings is 1. The van der Waals surface area contributed by atoms with Gasteiger partial charge in [-0.3, -0.25) is 4.79 Å². The Morgan fingerprint density at radius 1 is 1.43 bits per heavy atom. The van der Waals surface area contributed by atoms with Crippen molar-refractivity contribution < 1.29 is 4.79 Å².